The highest BCUT2D eigenvalue weighted by atomic mass is 16.6. The maximum atomic E-state index is 11.0. The van der Waals surface area contributed by atoms with E-state index in [0.29, 0.717) is 18.7 Å². The van der Waals surface area contributed by atoms with Crippen molar-refractivity contribution in [2.24, 2.45) is 0 Å². The standard InChI is InChI=1S/C10H12N4O3/c11-7-2-1-3-8(10(7)14(16)17)13-6-4-9(15)12-5-6/h1-3,6,13H,4-5,11H2,(H,12,15). The van der Waals surface area contributed by atoms with E-state index in [1.807, 2.05) is 0 Å². The molecule has 0 saturated carbocycles. The van der Waals surface area contributed by atoms with Gasteiger partial charge in [0.25, 0.3) is 0 Å². The van der Waals surface area contributed by atoms with Crippen molar-refractivity contribution in [1.29, 1.82) is 0 Å². The molecule has 0 radical (unpaired) electrons. The zero-order valence-corrected chi connectivity index (χ0v) is 8.97. The topological polar surface area (TPSA) is 110 Å². The number of nitro benzene ring substituents is 1. The van der Waals surface area contributed by atoms with E-state index >= 15 is 0 Å². The first kappa shape index (κ1) is 11.2. The fourth-order valence-electron chi connectivity index (χ4n) is 1.81. The van der Waals surface area contributed by atoms with Crippen molar-refractivity contribution in [3.8, 4) is 0 Å². The molecule has 2 rings (SSSR count). The number of hydrogen-bond acceptors (Lipinski definition) is 5. The van der Waals surface area contributed by atoms with Crippen LogP contribution in [0.3, 0.4) is 0 Å². The summed E-state index contributed by atoms with van der Waals surface area (Å²) in [5, 5.41) is 16.5. The van der Waals surface area contributed by atoms with E-state index in [4.69, 9.17) is 5.73 Å². The molecule has 1 aromatic rings. The number of nitrogens with two attached hydrogens (primary N) is 1. The summed E-state index contributed by atoms with van der Waals surface area (Å²) >= 11 is 0. The van der Waals surface area contributed by atoms with Gasteiger partial charge in [0.1, 0.15) is 11.4 Å². The molecule has 1 amide bonds. The van der Waals surface area contributed by atoms with Gasteiger partial charge in [0.2, 0.25) is 5.91 Å². The van der Waals surface area contributed by atoms with E-state index in [0.717, 1.165) is 0 Å². The van der Waals surface area contributed by atoms with Gasteiger partial charge in [-0.3, -0.25) is 14.9 Å². The second-order valence-corrected chi connectivity index (χ2v) is 3.85. The van der Waals surface area contributed by atoms with Crippen LogP contribution in [0.4, 0.5) is 17.1 Å². The second kappa shape index (κ2) is 4.28. The van der Waals surface area contributed by atoms with Gasteiger partial charge >= 0.3 is 5.69 Å². The number of hydrogen-bond donors (Lipinski definition) is 3. The number of amides is 1. The number of nitrogens with one attached hydrogen (secondary N) is 2. The molecule has 1 heterocycles. The number of nitro groups is 1. The Hall–Kier alpha value is -2.31. The van der Waals surface area contributed by atoms with Crippen LogP contribution >= 0.6 is 0 Å². The van der Waals surface area contributed by atoms with Crippen molar-refractivity contribution in [1.82, 2.24) is 5.32 Å². The van der Waals surface area contributed by atoms with Crippen LogP contribution in [0.2, 0.25) is 0 Å². The van der Waals surface area contributed by atoms with Gasteiger partial charge in [-0.25, -0.2) is 0 Å². The van der Waals surface area contributed by atoms with E-state index < -0.39 is 4.92 Å². The van der Waals surface area contributed by atoms with E-state index in [1.165, 1.54) is 6.07 Å². The average Bonchev–Trinajstić information content (AvgIpc) is 2.63. The first-order valence-electron chi connectivity index (χ1n) is 5.14. The smallest absolute Gasteiger partial charge is 0.314 e. The predicted molar refractivity (Wildman–Crippen MR) is 62.5 cm³/mol. The van der Waals surface area contributed by atoms with Gasteiger partial charge in [0, 0.05) is 13.0 Å². The van der Waals surface area contributed by atoms with Crippen molar-refractivity contribution < 1.29 is 9.72 Å². The molecule has 0 spiro atoms. The van der Waals surface area contributed by atoms with Gasteiger partial charge in [0.05, 0.1) is 11.0 Å². The number of benzene rings is 1. The fraction of sp³-hybridized carbons (Fsp3) is 0.300. The Kier molecular flexibility index (Phi) is 2.82. The number of para-hydroxylation sites is 1. The summed E-state index contributed by atoms with van der Waals surface area (Å²) in [4.78, 5) is 21.4. The Bertz CT molecular complexity index is 475. The molecule has 1 fully saturated rings. The van der Waals surface area contributed by atoms with Gasteiger partial charge in [-0.1, -0.05) is 6.07 Å². The average molecular weight is 236 g/mol. The van der Waals surface area contributed by atoms with Crippen LogP contribution in [-0.4, -0.2) is 23.4 Å². The molecule has 1 saturated heterocycles. The zero-order valence-electron chi connectivity index (χ0n) is 8.97. The maximum absolute atomic E-state index is 11.0. The molecular formula is C10H12N4O3. The summed E-state index contributed by atoms with van der Waals surface area (Å²) in [6.07, 6.45) is 0.311. The molecule has 17 heavy (non-hydrogen) atoms. The lowest BCUT2D eigenvalue weighted by Crippen LogP contribution is -2.22. The van der Waals surface area contributed by atoms with Gasteiger partial charge in [-0.2, -0.15) is 0 Å². The maximum Gasteiger partial charge on any atom is 0.314 e. The third-order valence-electron chi connectivity index (χ3n) is 2.59. The van der Waals surface area contributed by atoms with E-state index in [-0.39, 0.29) is 23.3 Å². The fourth-order valence-corrected chi connectivity index (χ4v) is 1.81. The molecule has 1 atom stereocenters. The summed E-state index contributed by atoms with van der Waals surface area (Å²) in [7, 11) is 0. The lowest BCUT2D eigenvalue weighted by molar-refractivity contribution is -0.383. The third kappa shape index (κ3) is 2.27. The molecule has 1 aliphatic rings. The lowest BCUT2D eigenvalue weighted by atomic mass is 10.2. The van der Waals surface area contributed by atoms with Gasteiger partial charge in [0.15, 0.2) is 0 Å². The zero-order chi connectivity index (χ0) is 12.4. The van der Waals surface area contributed by atoms with Crippen LogP contribution in [0.15, 0.2) is 18.2 Å². The van der Waals surface area contributed by atoms with E-state index in [2.05, 4.69) is 10.6 Å². The quantitative estimate of drug-likeness (QED) is 0.401. The largest absolute Gasteiger partial charge is 0.393 e. The van der Waals surface area contributed by atoms with Crippen LogP contribution < -0.4 is 16.4 Å². The van der Waals surface area contributed by atoms with Gasteiger partial charge < -0.3 is 16.4 Å². The molecular weight excluding hydrogens is 224 g/mol. The summed E-state index contributed by atoms with van der Waals surface area (Å²) in [5.41, 5.74) is 5.87. The van der Waals surface area contributed by atoms with Crippen molar-refractivity contribution in [2.45, 2.75) is 12.5 Å². The Labute approximate surface area is 97.1 Å². The van der Waals surface area contributed by atoms with Crippen molar-refractivity contribution >= 4 is 23.0 Å². The minimum Gasteiger partial charge on any atom is -0.393 e. The van der Waals surface area contributed by atoms with Crippen LogP contribution in [0, 0.1) is 10.1 Å². The van der Waals surface area contributed by atoms with Gasteiger partial charge in [-0.15, -0.1) is 0 Å². The van der Waals surface area contributed by atoms with Crippen LogP contribution in [-0.2, 0) is 4.79 Å². The molecule has 0 bridgehead atoms. The monoisotopic (exact) mass is 236 g/mol. The summed E-state index contributed by atoms with van der Waals surface area (Å²) < 4.78 is 0. The van der Waals surface area contributed by atoms with Crippen molar-refractivity contribution in [3.63, 3.8) is 0 Å². The van der Waals surface area contributed by atoms with Crippen molar-refractivity contribution in [2.75, 3.05) is 17.6 Å². The molecule has 4 N–H and O–H groups in total. The summed E-state index contributed by atoms with van der Waals surface area (Å²) in [6, 6.07) is 4.55. The molecule has 7 nitrogen and oxygen atoms in total. The molecule has 1 aromatic carbocycles. The SMILES string of the molecule is Nc1cccc(NC2CNC(=O)C2)c1[N+](=O)[O-]. The Morgan fingerprint density at radius 3 is 2.88 bits per heavy atom. The van der Waals surface area contributed by atoms with Crippen LogP contribution in [0.5, 0.6) is 0 Å². The molecule has 1 aliphatic heterocycles. The third-order valence-corrected chi connectivity index (χ3v) is 2.59. The normalized spacial score (nSPS) is 18.8. The summed E-state index contributed by atoms with van der Waals surface area (Å²) in [6.45, 7) is 0.463. The Balaban J connectivity index is 2.23. The van der Waals surface area contributed by atoms with E-state index in [9.17, 15) is 14.9 Å². The Morgan fingerprint density at radius 2 is 2.29 bits per heavy atom. The molecule has 0 aromatic heterocycles. The van der Waals surface area contributed by atoms with E-state index in [1.54, 1.807) is 12.1 Å². The lowest BCUT2D eigenvalue weighted by Gasteiger charge is -2.12. The molecule has 90 valence electrons. The highest BCUT2D eigenvalue weighted by molar-refractivity contribution is 5.81. The number of rotatable bonds is 3. The first-order valence-corrected chi connectivity index (χ1v) is 5.14. The number of nitrogen functional groups attached to an aromatic ring is 1. The number of carbonyl (C=O) groups is 1. The molecule has 1 unspecified atom stereocenters. The number of nitrogens with zero attached hydrogens (tertiary/aromatic N) is 1. The molecule has 0 aliphatic carbocycles. The highest BCUT2D eigenvalue weighted by Gasteiger charge is 2.25. The number of anilines is 2. The predicted octanol–water partition coefficient (Wildman–Crippen LogP) is 0.477. The van der Waals surface area contributed by atoms with Crippen molar-refractivity contribution in [3.05, 3.63) is 28.3 Å². The summed E-state index contributed by atoms with van der Waals surface area (Å²) in [5.74, 6) is -0.0611. The number of carbonyl (C=O) groups excluding carboxylic acids is 1. The first-order chi connectivity index (χ1) is 8.08. The highest BCUT2D eigenvalue weighted by Crippen LogP contribution is 2.31. The minimum atomic E-state index is -0.526. The van der Waals surface area contributed by atoms with Crippen LogP contribution in [0.25, 0.3) is 0 Å². The molecule has 7 heteroatoms. The van der Waals surface area contributed by atoms with Crippen LogP contribution in [0.1, 0.15) is 6.42 Å². The van der Waals surface area contributed by atoms with Gasteiger partial charge in [-0.05, 0) is 12.1 Å². The minimum absolute atomic E-state index is 0.0611. The second-order valence-electron chi connectivity index (χ2n) is 3.85. The Morgan fingerprint density at radius 1 is 1.53 bits per heavy atom.